The van der Waals surface area contributed by atoms with E-state index in [-0.39, 0.29) is 0 Å². The Morgan fingerprint density at radius 1 is 1.00 bits per heavy atom. The Balaban J connectivity index is 1.57. The van der Waals surface area contributed by atoms with Crippen LogP contribution in [0, 0.1) is 6.92 Å². The molecule has 0 unspecified atom stereocenters. The third kappa shape index (κ3) is 2.51. The number of aromatic nitrogens is 2. The Bertz CT molecular complexity index is 839. The van der Waals surface area contributed by atoms with Crippen molar-refractivity contribution in [2.45, 2.75) is 6.92 Å². The molecule has 1 aromatic carbocycles. The fraction of sp³-hybridized carbons (Fsp3) is 0.294. The average molecular weight is 329 g/mol. The summed E-state index contributed by atoms with van der Waals surface area (Å²) >= 11 is 6.32. The lowest BCUT2D eigenvalue weighted by atomic mass is 10.2. The van der Waals surface area contributed by atoms with Crippen molar-refractivity contribution in [3.05, 3.63) is 47.1 Å². The second-order valence-electron chi connectivity index (χ2n) is 5.74. The molecule has 2 aromatic heterocycles. The van der Waals surface area contributed by atoms with E-state index in [1.807, 2.05) is 30.5 Å². The van der Waals surface area contributed by atoms with E-state index in [4.69, 9.17) is 16.1 Å². The highest BCUT2D eigenvalue weighted by Crippen LogP contribution is 2.33. The standard InChI is InChI=1S/C17H17ClN4O/c1-12-4-3-7-19-16(12)21-8-10-22(11-9-21)17-15-13(18)5-2-6-14(15)23-20-17/h2-7H,8-11H2,1H3. The van der Waals surface area contributed by atoms with Gasteiger partial charge in [0.25, 0.3) is 0 Å². The van der Waals surface area contributed by atoms with Gasteiger partial charge in [-0.1, -0.05) is 28.9 Å². The van der Waals surface area contributed by atoms with Crippen molar-refractivity contribution in [1.82, 2.24) is 10.1 Å². The fourth-order valence-electron chi connectivity index (χ4n) is 3.09. The number of anilines is 2. The van der Waals surface area contributed by atoms with Crippen LogP contribution in [0.4, 0.5) is 11.6 Å². The van der Waals surface area contributed by atoms with Gasteiger partial charge in [0, 0.05) is 32.4 Å². The summed E-state index contributed by atoms with van der Waals surface area (Å²) < 4.78 is 5.41. The SMILES string of the molecule is Cc1cccnc1N1CCN(c2noc3cccc(Cl)c23)CC1. The Hall–Kier alpha value is -2.27. The molecule has 3 heterocycles. The van der Waals surface area contributed by atoms with Crippen LogP contribution in [0.3, 0.4) is 0 Å². The van der Waals surface area contributed by atoms with Crippen LogP contribution in [-0.4, -0.2) is 36.3 Å². The number of piperazine rings is 1. The van der Waals surface area contributed by atoms with Crippen LogP contribution in [0.25, 0.3) is 11.0 Å². The zero-order valence-electron chi connectivity index (χ0n) is 12.9. The summed E-state index contributed by atoms with van der Waals surface area (Å²) in [6.07, 6.45) is 1.85. The molecular formula is C17H17ClN4O. The van der Waals surface area contributed by atoms with Gasteiger partial charge in [0.2, 0.25) is 0 Å². The fourth-order valence-corrected chi connectivity index (χ4v) is 3.34. The average Bonchev–Trinajstić information content (AvgIpc) is 3.01. The van der Waals surface area contributed by atoms with Crippen LogP contribution in [0.2, 0.25) is 5.02 Å². The lowest BCUT2D eigenvalue weighted by Gasteiger charge is -2.36. The third-order valence-electron chi connectivity index (χ3n) is 4.29. The molecule has 1 aliphatic heterocycles. The summed E-state index contributed by atoms with van der Waals surface area (Å²) in [5.41, 5.74) is 1.94. The largest absolute Gasteiger partial charge is 0.354 e. The van der Waals surface area contributed by atoms with Crippen LogP contribution in [0.15, 0.2) is 41.1 Å². The zero-order valence-corrected chi connectivity index (χ0v) is 13.6. The van der Waals surface area contributed by atoms with E-state index < -0.39 is 0 Å². The summed E-state index contributed by atoms with van der Waals surface area (Å²) in [6, 6.07) is 9.71. The number of aryl methyl sites for hydroxylation is 1. The van der Waals surface area contributed by atoms with Gasteiger partial charge in [-0.25, -0.2) is 4.98 Å². The van der Waals surface area contributed by atoms with Gasteiger partial charge in [-0.05, 0) is 30.7 Å². The van der Waals surface area contributed by atoms with Gasteiger partial charge in [0.05, 0.1) is 10.4 Å². The van der Waals surface area contributed by atoms with Crippen molar-refractivity contribution in [3.8, 4) is 0 Å². The number of pyridine rings is 1. The molecule has 0 aliphatic carbocycles. The molecule has 4 rings (SSSR count). The van der Waals surface area contributed by atoms with Crippen LogP contribution >= 0.6 is 11.6 Å². The first-order chi connectivity index (χ1) is 11.2. The monoisotopic (exact) mass is 328 g/mol. The number of benzene rings is 1. The lowest BCUT2D eigenvalue weighted by molar-refractivity contribution is 0.452. The first kappa shape index (κ1) is 14.3. The molecule has 0 bridgehead atoms. The molecule has 5 nitrogen and oxygen atoms in total. The van der Waals surface area contributed by atoms with Gasteiger partial charge in [-0.3, -0.25) is 0 Å². The predicted octanol–water partition coefficient (Wildman–Crippen LogP) is 3.51. The number of hydrogen-bond donors (Lipinski definition) is 0. The number of nitrogens with zero attached hydrogens (tertiary/aromatic N) is 4. The number of hydrogen-bond acceptors (Lipinski definition) is 5. The van der Waals surface area contributed by atoms with Gasteiger partial charge in [0.15, 0.2) is 11.4 Å². The van der Waals surface area contributed by atoms with Crippen molar-refractivity contribution >= 4 is 34.2 Å². The Morgan fingerprint density at radius 2 is 1.74 bits per heavy atom. The smallest absolute Gasteiger partial charge is 0.181 e. The van der Waals surface area contributed by atoms with Crippen LogP contribution < -0.4 is 9.80 Å². The van der Waals surface area contributed by atoms with Crippen molar-refractivity contribution < 1.29 is 4.52 Å². The zero-order chi connectivity index (χ0) is 15.8. The van der Waals surface area contributed by atoms with Crippen molar-refractivity contribution in [2.24, 2.45) is 0 Å². The maximum Gasteiger partial charge on any atom is 0.181 e. The minimum atomic E-state index is 0.682. The first-order valence-corrected chi connectivity index (χ1v) is 8.07. The highest BCUT2D eigenvalue weighted by atomic mass is 35.5. The summed E-state index contributed by atoms with van der Waals surface area (Å²) in [5.74, 6) is 1.90. The van der Waals surface area contributed by atoms with E-state index in [0.29, 0.717) is 5.02 Å². The first-order valence-electron chi connectivity index (χ1n) is 7.69. The van der Waals surface area contributed by atoms with Gasteiger partial charge in [-0.2, -0.15) is 0 Å². The summed E-state index contributed by atoms with van der Waals surface area (Å²) in [4.78, 5) is 9.05. The van der Waals surface area contributed by atoms with E-state index >= 15 is 0 Å². The highest BCUT2D eigenvalue weighted by Gasteiger charge is 2.24. The van der Waals surface area contributed by atoms with Crippen LogP contribution in [0.5, 0.6) is 0 Å². The second kappa shape index (κ2) is 5.74. The number of rotatable bonds is 2. The Labute approximate surface area is 139 Å². The molecule has 118 valence electrons. The minimum Gasteiger partial charge on any atom is -0.354 e. The second-order valence-corrected chi connectivity index (χ2v) is 6.14. The molecule has 0 amide bonds. The van der Waals surface area contributed by atoms with E-state index in [1.54, 1.807) is 0 Å². The van der Waals surface area contributed by atoms with E-state index in [0.717, 1.165) is 48.8 Å². The molecule has 0 radical (unpaired) electrons. The van der Waals surface area contributed by atoms with Gasteiger partial charge >= 0.3 is 0 Å². The molecule has 23 heavy (non-hydrogen) atoms. The maximum atomic E-state index is 6.32. The summed E-state index contributed by atoms with van der Waals surface area (Å²) in [6.45, 7) is 5.62. The normalized spacial score (nSPS) is 15.4. The molecule has 0 spiro atoms. The van der Waals surface area contributed by atoms with Gasteiger partial charge in [-0.15, -0.1) is 0 Å². The van der Waals surface area contributed by atoms with Crippen molar-refractivity contribution in [3.63, 3.8) is 0 Å². The topological polar surface area (TPSA) is 45.4 Å². The minimum absolute atomic E-state index is 0.682. The highest BCUT2D eigenvalue weighted by molar-refractivity contribution is 6.36. The predicted molar refractivity (Wildman–Crippen MR) is 92.4 cm³/mol. The molecular weight excluding hydrogens is 312 g/mol. The third-order valence-corrected chi connectivity index (χ3v) is 4.60. The molecule has 0 saturated carbocycles. The van der Waals surface area contributed by atoms with E-state index in [1.165, 1.54) is 5.56 Å². The molecule has 1 aliphatic rings. The van der Waals surface area contributed by atoms with Gasteiger partial charge < -0.3 is 14.3 Å². The molecule has 3 aromatic rings. The van der Waals surface area contributed by atoms with Crippen molar-refractivity contribution in [2.75, 3.05) is 36.0 Å². The molecule has 0 atom stereocenters. The summed E-state index contributed by atoms with van der Waals surface area (Å²) in [7, 11) is 0. The molecule has 6 heteroatoms. The number of fused-ring (bicyclic) bond motifs is 1. The summed E-state index contributed by atoms with van der Waals surface area (Å²) in [5, 5.41) is 5.81. The number of halogens is 1. The van der Waals surface area contributed by atoms with E-state index in [9.17, 15) is 0 Å². The van der Waals surface area contributed by atoms with Crippen LogP contribution in [-0.2, 0) is 0 Å². The maximum absolute atomic E-state index is 6.32. The molecule has 0 N–H and O–H groups in total. The van der Waals surface area contributed by atoms with Crippen LogP contribution in [0.1, 0.15) is 5.56 Å². The lowest BCUT2D eigenvalue weighted by Crippen LogP contribution is -2.47. The Kier molecular flexibility index (Phi) is 3.58. The van der Waals surface area contributed by atoms with Gasteiger partial charge in [0.1, 0.15) is 5.82 Å². The van der Waals surface area contributed by atoms with E-state index in [2.05, 4.69) is 32.9 Å². The quantitative estimate of drug-likeness (QED) is 0.720. The van der Waals surface area contributed by atoms with Crippen molar-refractivity contribution in [1.29, 1.82) is 0 Å². The Morgan fingerprint density at radius 3 is 2.48 bits per heavy atom. The molecule has 1 fully saturated rings. The molecule has 1 saturated heterocycles.